The number of aryl methyl sites for hydroxylation is 1. The lowest BCUT2D eigenvalue weighted by molar-refractivity contribution is 0.112. The second kappa shape index (κ2) is 3.80. The molecule has 0 spiro atoms. The highest BCUT2D eigenvalue weighted by atomic mass is 127. The van der Waals surface area contributed by atoms with Gasteiger partial charge >= 0.3 is 0 Å². The molecule has 0 unspecified atom stereocenters. The number of hydrogen-bond acceptors (Lipinski definition) is 2. The molecule has 0 saturated carbocycles. The van der Waals surface area contributed by atoms with Gasteiger partial charge in [0.15, 0.2) is 12.6 Å². The van der Waals surface area contributed by atoms with Crippen LogP contribution in [0.4, 0.5) is 0 Å². The van der Waals surface area contributed by atoms with Gasteiger partial charge < -0.3 is 0 Å². The molecule has 12 heavy (non-hydrogen) atoms. The van der Waals surface area contributed by atoms with Crippen LogP contribution in [0.25, 0.3) is 0 Å². The van der Waals surface area contributed by atoms with E-state index in [1.807, 2.05) is 29.5 Å². The van der Waals surface area contributed by atoms with Crippen molar-refractivity contribution in [3.05, 3.63) is 32.4 Å². The fourth-order valence-electron chi connectivity index (χ4n) is 0.997. The Morgan fingerprint density at radius 3 is 1.92 bits per heavy atom. The fraction of sp³-hybridized carbons (Fsp3) is 0.111. The second-order valence-electron chi connectivity index (χ2n) is 2.49. The van der Waals surface area contributed by atoms with E-state index in [2.05, 4.69) is 0 Å². The Bertz CT molecular complexity index is 302. The molecule has 1 rings (SSSR count). The van der Waals surface area contributed by atoms with E-state index in [1.54, 1.807) is 12.1 Å². The van der Waals surface area contributed by atoms with Gasteiger partial charge in [0.25, 0.3) is 0 Å². The van der Waals surface area contributed by atoms with Crippen LogP contribution < -0.4 is 0 Å². The quantitative estimate of drug-likeness (QED) is 0.612. The van der Waals surface area contributed by atoms with Gasteiger partial charge in [-0.1, -0.05) is 0 Å². The molecule has 0 aliphatic carbocycles. The van der Waals surface area contributed by atoms with Crippen LogP contribution in [0, 0.1) is 10.5 Å². The summed E-state index contributed by atoms with van der Waals surface area (Å²) in [6, 6.07) is 3.53. The molecule has 0 amide bonds. The molecule has 0 aliphatic rings. The van der Waals surface area contributed by atoms with Crippen LogP contribution >= 0.6 is 22.6 Å². The molecular formula is C9H7IO2. The summed E-state index contributed by atoms with van der Waals surface area (Å²) in [6.45, 7) is 1.86. The fourth-order valence-corrected chi connectivity index (χ4v) is 1.56. The highest BCUT2D eigenvalue weighted by molar-refractivity contribution is 14.1. The number of halogens is 1. The van der Waals surface area contributed by atoms with Crippen LogP contribution in [0.1, 0.15) is 26.3 Å². The Labute approximate surface area is 84.1 Å². The Morgan fingerprint density at radius 2 is 1.58 bits per heavy atom. The summed E-state index contributed by atoms with van der Waals surface area (Å²) in [4.78, 5) is 21.1. The maximum Gasteiger partial charge on any atom is 0.151 e. The lowest BCUT2D eigenvalue weighted by Gasteiger charge is -2.01. The van der Waals surface area contributed by atoms with Crippen molar-refractivity contribution in [2.24, 2.45) is 0 Å². The number of benzene rings is 1. The van der Waals surface area contributed by atoms with E-state index in [0.29, 0.717) is 11.1 Å². The van der Waals surface area contributed by atoms with Crippen molar-refractivity contribution in [2.45, 2.75) is 6.92 Å². The normalized spacial score (nSPS) is 9.50. The van der Waals surface area contributed by atoms with Gasteiger partial charge in [-0.25, -0.2) is 0 Å². The van der Waals surface area contributed by atoms with Gasteiger partial charge in [0.2, 0.25) is 0 Å². The minimum absolute atomic E-state index is 0.581. The number of carbonyl (C=O) groups is 2. The first-order valence-corrected chi connectivity index (χ1v) is 4.47. The maximum atomic E-state index is 10.5. The zero-order chi connectivity index (χ0) is 9.14. The monoisotopic (exact) mass is 274 g/mol. The van der Waals surface area contributed by atoms with Gasteiger partial charge in [-0.15, -0.1) is 0 Å². The molecule has 1 aromatic carbocycles. The highest BCUT2D eigenvalue weighted by Crippen LogP contribution is 2.16. The third kappa shape index (κ3) is 1.72. The third-order valence-corrected chi connectivity index (χ3v) is 2.77. The van der Waals surface area contributed by atoms with Gasteiger partial charge in [0, 0.05) is 14.7 Å². The SMILES string of the molecule is Cc1cc(C=O)c(I)c(C=O)c1. The van der Waals surface area contributed by atoms with Crippen LogP contribution in [-0.2, 0) is 0 Å². The van der Waals surface area contributed by atoms with Crippen LogP contribution in [0.3, 0.4) is 0 Å². The molecule has 0 radical (unpaired) electrons. The van der Waals surface area contributed by atoms with Gasteiger partial charge in [0.1, 0.15) is 0 Å². The minimum Gasteiger partial charge on any atom is -0.298 e. The summed E-state index contributed by atoms with van der Waals surface area (Å²) in [5, 5.41) is 0. The molecule has 0 heterocycles. The van der Waals surface area contributed by atoms with E-state index in [9.17, 15) is 9.59 Å². The molecule has 62 valence electrons. The Kier molecular flexibility index (Phi) is 2.97. The Hall–Kier alpha value is -0.710. The Morgan fingerprint density at radius 1 is 1.17 bits per heavy atom. The summed E-state index contributed by atoms with van der Waals surface area (Å²) in [7, 11) is 0. The first-order chi connectivity index (χ1) is 5.69. The molecule has 0 bridgehead atoms. The smallest absolute Gasteiger partial charge is 0.151 e. The molecule has 0 atom stereocenters. The topological polar surface area (TPSA) is 34.1 Å². The van der Waals surface area contributed by atoms with Crippen molar-refractivity contribution in [3.63, 3.8) is 0 Å². The van der Waals surface area contributed by atoms with Crippen LogP contribution in [0.15, 0.2) is 12.1 Å². The lowest BCUT2D eigenvalue weighted by atomic mass is 10.1. The van der Waals surface area contributed by atoms with Crippen molar-refractivity contribution < 1.29 is 9.59 Å². The lowest BCUT2D eigenvalue weighted by Crippen LogP contribution is -1.94. The summed E-state index contributed by atoms with van der Waals surface area (Å²) in [5.74, 6) is 0. The predicted octanol–water partition coefficient (Wildman–Crippen LogP) is 2.22. The molecule has 0 saturated heterocycles. The van der Waals surface area contributed by atoms with Crippen molar-refractivity contribution in [1.82, 2.24) is 0 Å². The number of carbonyl (C=O) groups excluding carboxylic acids is 2. The number of aldehydes is 2. The van der Waals surface area contributed by atoms with Crippen LogP contribution in [-0.4, -0.2) is 12.6 Å². The van der Waals surface area contributed by atoms with Crippen molar-refractivity contribution in [1.29, 1.82) is 0 Å². The van der Waals surface area contributed by atoms with Gasteiger partial charge in [-0.2, -0.15) is 0 Å². The van der Waals surface area contributed by atoms with Crippen molar-refractivity contribution >= 4 is 35.2 Å². The molecule has 3 heteroatoms. The third-order valence-electron chi connectivity index (χ3n) is 1.53. The van der Waals surface area contributed by atoms with E-state index < -0.39 is 0 Å². The highest BCUT2D eigenvalue weighted by Gasteiger charge is 2.04. The van der Waals surface area contributed by atoms with Crippen LogP contribution in [0.2, 0.25) is 0 Å². The van der Waals surface area contributed by atoms with Gasteiger partial charge in [-0.3, -0.25) is 9.59 Å². The predicted molar refractivity (Wildman–Crippen MR) is 54.7 cm³/mol. The molecule has 2 nitrogen and oxygen atoms in total. The van der Waals surface area contributed by atoms with Crippen molar-refractivity contribution in [2.75, 3.05) is 0 Å². The summed E-state index contributed by atoms with van der Waals surface area (Å²) in [6.07, 6.45) is 1.53. The average molecular weight is 274 g/mol. The molecule has 1 aromatic rings. The first kappa shape index (κ1) is 9.38. The molecule has 0 fully saturated rings. The van der Waals surface area contributed by atoms with E-state index in [1.165, 1.54) is 0 Å². The standard InChI is InChI=1S/C9H7IO2/c1-6-2-7(4-11)9(10)8(3-6)5-12/h2-5H,1H3. The summed E-state index contributed by atoms with van der Waals surface area (Å²) < 4.78 is 0.725. The van der Waals surface area contributed by atoms with Gasteiger partial charge in [0.05, 0.1) is 0 Å². The van der Waals surface area contributed by atoms with E-state index in [4.69, 9.17) is 0 Å². The molecule has 0 aromatic heterocycles. The van der Waals surface area contributed by atoms with Crippen LogP contribution in [0.5, 0.6) is 0 Å². The molecular weight excluding hydrogens is 267 g/mol. The largest absolute Gasteiger partial charge is 0.298 e. The van der Waals surface area contributed by atoms with E-state index in [-0.39, 0.29) is 0 Å². The van der Waals surface area contributed by atoms with Crippen molar-refractivity contribution in [3.8, 4) is 0 Å². The number of rotatable bonds is 2. The molecule has 0 aliphatic heterocycles. The second-order valence-corrected chi connectivity index (χ2v) is 3.57. The summed E-state index contributed by atoms with van der Waals surface area (Å²) in [5.41, 5.74) is 2.09. The zero-order valence-corrected chi connectivity index (χ0v) is 8.66. The Balaban J connectivity index is 3.41. The summed E-state index contributed by atoms with van der Waals surface area (Å²) >= 11 is 2.00. The first-order valence-electron chi connectivity index (χ1n) is 3.39. The maximum absolute atomic E-state index is 10.5. The van der Waals surface area contributed by atoms with E-state index in [0.717, 1.165) is 21.7 Å². The number of hydrogen-bond donors (Lipinski definition) is 0. The molecule has 0 N–H and O–H groups in total. The zero-order valence-electron chi connectivity index (χ0n) is 6.50. The van der Waals surface area contributed by atoms with E-state index >= 15 is 0 Å². The minimum atomic E-state index is 0.581. The van der Waals surface area contributed by atoms with Gasteiger partial charge in [-0.05, 0) is 47.2 Å². The average Bonchev–Trinajstić information content (AvgIpc) is 2.08.